The third-order valence-electron chi connectivity index (χ3n) is 17.9. The molecule has 0 saturated heterocycles. The number of hydrogen-bond acceptors (Lipinski definition) is 1. The number of anilines is 2. The van der Waals surface area contributed by atoms with Crippen LogP contribution in [-0.2, 0) is 0 Å². The first-order chi connectivity index (χ1) is 40.7. The topological polar surface area (TPSA) is 18.0 Å². The Balaban J connectivity index is 0.810. The van der Waals surface area contributed by atoms with Crippen molar-refractivity contribution in [2.75, 3.05) is 4.90 Å². The van der Waals surface area contributed by atoms with Crippen LogP contribution in [0.2, 0.25) is 0 Å². The van der Waals surface area contributed by atoms with Gasteiger partial charge >= 0.3 is 0 Å². The highest BCUT2D eigenvalue weighted by molar-refractivity contribution is 6.11. The average molecular weight is 1050 g/mol. The van der Waals surface area contributed by atoms with Crippen molar-refractivity contribution in [3.05, 3.63) is 308 Å². The Morgan fingerprint density at radius 1 is 0.329 bits per heavy atom. The average Bonchev–Trinajstić information content (AvgIpc) is 2.66. The van der Waals surface area contributed by atoms with Crippen molar-refractivity contribution < 1.29 is 0 Å². The van der Waals surface area contributed by atoms with E-state index in [2.05, 4.69) is 316 Å². The van der Waals surface area contributed by atoms with Crippen molar-refractivity contribution in [3.8, 4) is 50.4 Å². The number of para-hydroxylation sites is 6. The maximum Gasteiger partial charge on any atom is 0.0630 e. The normalized spacial score (nSPS) is 16.5. The lowest BCUT2D eigenvalue weighted by molar-refractivity contribution is 0.703. The maximum atomic E-state index is 2.64. The summed E-state index contributed by atoms with van der Waals surface area (Å²) in [6, 6.07) is 94.6. The molecular formula is C78H54N4. The number of allylic oxidation sites excluding steroid dienone is 6. The highest BCUT2D eigenvalue weighted by Gasteiger charge is 2.41. The van der Waals surface area contributed by atoms with E-state index in [0.717, 1.165) is 23.5 Å². The van der Waals surface area contributed by atoms with Gasteiger partial charge in [-0.05, 0) is 142 Å². The highest BCUT2D eigenvalue weighted by Crippen LogP contribution is 2.55. The Morgan fingerprint density at radius 2 is 0.707 bits per heavy atom. The monoisotopic (exact) mass is 1050 g/mol. The van der Waals surface area contributed by atoms with Crippen LogP contribution in [0.3, 0.4) is 0 Å². The van der Waals surface area contributed by atoms with E-state index in [1.165, 1.54) is 121 Å². The Hall–Kier alpha value is -10.4. The second-order valence-electron chi connectivity index (χ2n) is 22.3. The van der Waals surface area contributed by atoms with E-state index in [1.807, 2.05) is 0 Å². The van der Waals surface area contributed by atoms with Crippen LogP contribution in [0.5, 0.6) is 0 Å². The molecule has 0 fully saturated rings. The van der Waals surface area contributed by atoms with E-state index in [1.54, 1.807) is 0 Å². The van der Waals surface area contributed by atoms with Crippen molar-refractivity contribution in [2.45, 2.75) is 18.4 Å². The van der Waals surface area contributed by atoms with E-state index in [4.69, 9.17) is 0 Å². The minimum absolute atomic E-state index is 0.0711. The van der Waals surface area contributed by atoms with Gasteiger partial charge in [-0.3, -0.25) is 0 Å². The second kappa shape index (κ2) is 18.6. The molecule has 2 aliphatic carbocycles. The summed E-state index contributed by atoms with van der Waals surface area (Å²) in [5, 5.41) is 7.60. The van der Waals surface area contributed by atoms with Gasteiger partial charge in [-0.15, -0.1) is 0 Å². The Morgan fingerprint density at radius 3 is 1.11 bits per heavy atom. The SMILES string of the molecule is C1=CCC(C2=CC3c4cc(-c5ccc(-n6c7ccccc7c7ccccc76)cc5)cc(-c5ccc(-n6c7ccccc7c7ccccc76)cc5)c4N(c4ccc(-c5ccc(-n6c7ccccc7c7ccccc76)cc5)cc4)C3C=C2)C=C1. The number of fused-ring (bicyclic) bond motifs is 12. The van der Waals surface area contributed by atoms with Gasteiger partial charge in [0, 0.05) is 72.5 Å². The van der Waals surface area contributed by atoms with E-state index in [-0.39, 0.29) is 12.0 Å². The zero-order valence-electron chi connectivity index (χ0n) is 45.0. The molecule has 0 spiro atoms. The molecular weight excluding hydrogens is 993 g/mol. The number of hydrogen-bond donors (Lipinski definition) is 0. The lowest BCUT2D eigenvalue weighted by Gasteiger charge is -2.31. The molecule has 4 heterocycles. The van der Waals surface area contributed by atoms with E-state index < -0.39 is 0 Å². The van der Waals surface area contributed by atoms with Gasteiger partial charge in [0.05, 0.1) is 44.8 Å². The summed E-state index contributed by atoms with van der Waals surface area (Å²) >= 11 is 0. The fourth-order valence-corrected chi connectivity index (χ4v) is 14.1. The van der Waals surface area contributed by atoms with Gasteiger partial charge in [-0.25, -0.2) is 0 Å². The molecule has 3 aromatic heterocycles. The highest BCUT2D eigenvalue weighted by atomic mass is 15.2. The van der Waals surface area contributed by atoms with Crippen molar-refractivity contribution >= 4 is 76.8 Å². The van der Waals surface area contributed by atoms with Crippen LogP contribution < -0.4 is 4.90 Å². The molecule has 4 nitrogen and oxygen atoms in total. The van der Waals surface area contributed by atoms with Crippen LogP contribution in [0, 0.1) is 5.92 Å². The molecule has 3 unspecified atom stereocenters. The first kappa shape index (κ1) is 46.5. The summed E-state index contributed by atoms with van der Waals surface area (Å²) in [6.07, 6.45) is 17.6. The van der Waals surface area contributed by atoms with Gasteiger partial charge in [0.2, 0.25) is 0 Å². The number of nitrogens with zero attached hydrogens (tertiary/aromatic N) is 4. The second-order valence-corrected chi connectivity index (χ2v) is 22.3. The number of benzene rings is 11. The molecule has 82 heavy (non-hydrogen) atoms. The fraction of sp³-hybridized carbons (Fsp3) is 0.0513. The summed E-state index contributed by atoms with van der Waals surface area (Å²) in [6.45, 7) is 0. The zero-order chi connectivity index (χ0) is 53.8. The predicted molar refractivity (Wildman–Crippen MR) is 344 cm³/mol. The summed E-state index contributed by atoms with van der Waals surface area (Å²) in [5.74, 6) is 0.458. The van der Waals surface area contributed by atoms with Crippen LogP contribution in [0.1, 0.15) is 17.9 Å². The minimum Gasteiger partial charge on any atom is -0.333 e. The largest absolute Gasteiger partial charge is 0.333 e. The van der Waals surface area contributed by atoms with E-state index in [9.17, 15) is 0 Å². The zero-order valence-corrected chi connectivity index (χ0v) is 45.0. The lowest BCUT2D eigenvalue weighted by atomic mass is 9.81. The first-order valence-electron chi connectivity index (χ1n) is 28.8. The van der Waals surface area contributed by atoms with Crippen LogP contribution in [-0.4, -0.2) is 19.7 Å². The smallest absolute Gasteiger partial charge is 0.0630 e. The third kappa shape index (κ3) is 7.24. The molecule has 17 rings (SSSR count). The fourth-order valence-electron chi connectivity index (χ4n) is 14.1. The molecule has 0 bridgehead atoms. The summed E-state index contributed by atoms with van der Waals surface area (Å²) < 4.78 is 7.22. The standard InChI is InChI=1S/C78H54N4/c1-2-16-51(17-3-1)56-38-47-77-69(48-56)70-50-57(54-34-41-59(42-35-54)80-73-26-12-6-20-64(73)65-21-7-13-27-74(65)80)49-68(55-36-45-60(46-37-55)81-75-28-14-8-22-66(75)67-23-9-15-29-76(67)81)78(70)82(77)61-43-32-53(33-44-61)52-30-39-58(40-31-52)79-71-24-10-4-18-62(71)63-19-5-11-25-72(63)79/h1-16,18-51,69,77H,17H2. The third-order valence-corrected chi connectivity index (χ3v) is 17.9. The van der Waals surface area contributed by atoms with Crippen LogP contribution in [0.15, 0.2) is 303 Å². The molecule has 4 heteroatoms. The van der Waals surface area contributed by atoms with Gasteiger partial charge in [-0.1, -0.05) is 200 Å². The Kier molecular flexibility index (Phi) is 10.5. The van der Waals surface area contributed by atoms with Crippen LogP contribution in [0.4, 0.5) is 11.4 Å². The molecule has 0 amide bonds. The molecule has 1 aliphatic heterocycles. The minimum atomic E-state index is 0.0711. The van der Waals surface area contributed by atoms with Gasteiger partial charge in [0.25, 0.3) is 0 Å². The van der Waals surface area contributed by atoms with Gasteiger partial charge in [0.1, 0.15) is 0 Å². The summed E-state index contributed by atoms with van der Waals surface area (Å²) in [4.78, 5) is 2.64. The summed E-state index contributed by atoms with van der Waals surface area (Å²) in [5.41, 5.74) is 23.1. The molecule has 11 aromatic carbocycles. The number of aromatic nitrogens is 3. The number of rotatable bonds is 8. The quantitative estimate of drug-likeness (QED) is 0.148. The molecule has 0 radical (unpaired) electrons. The van der Waals surface area contributed by atoms with E-state index >= 15 is 0 Å². The molecule has 3 atom stereocenters. The first-order valence-corrected chi connectivity index (χ1v) is 28.8. The van der Waals surface area contributed by atoms with Crippen molar-refractivity contribution in [2.24, 2.45) is 5.92 Å². The van der Waals surface area contributed by atoms with E-state index in [0.29, 0.717) is 5.92 Å². The van der Waals surface area contributed by atoms with Crippen molar-refractivity contribution in [3.63, 3.8) is 0 Å². The van der Waals surface area contributed by atoms with Crippen molar-refractivity contribution in [1.82, 2.24) is 13.7 Å². The van der Waals surface area contributed by atoms with Gasteiger partial charge in [0.15, 0.2) is 0 Å². The van der Waals surface area contributed by atoms with Gasteiger partial charge in [-0.2, -0.15) is 0 Å². The van der Waals surface area contributed by atoms with Crippen LogP contribution in [0.25, 0.3) is 116 Å². The molecule has 0 N–H and O–H groups in total. The molecule has 386 valence electrons. The Bertz CT molecular complexity index is 4840. The lowest BCUT2D eigenvalue weighted by Crippen LogP contribution is -2.29. The molecule has 3 aliphatic rings. The predicted octanol–water partition coefficient (Wildman–Crippen LogP) is 20.2. The molecule has 14 aromatic rings. The van der Waals surface area contributed by atoms with Crippen LogP contribution >= 0.6 is 0 Å². The Labute approximate surface area is 476 Å². The molecule has 0 saturated carbocycles. The van der Waals surface area contributed by atoms with Gasteiger partial charge < -0.3 is 18.6 Å². The summed E-state index contributed by atoms with van der Waals surface area (Å²) in [7, 11) is 0. The maximum absolute atomic E-state index is 2.64. The van der Waals surface area contributed by atoms with Crippen molar-refractivity contribution in [1.29, 1.82) is 0 Å².